The highest BCUT2D eigenvalue weighted by Gasteiger charge is 2.74. The Morgan fingerprint density at radius 3 is 2.51 bits per heavy atom. The molecule has 0 radical (unpaired) electrons. The number of allylic oxidation sites excluding steroid dienone is 3. The van der Waals surface area contributed by atoms with Crippen LogP contribution in [0.3, 0.4) is 0 Å². The van der Waals surface area contributed by atoms with Gasteiger partial charge in [-0.3, -0.25) is 10.1 Å². The molecular formula is C55H60N6O16. The van der Waals surface area contributed by atoms with Crippen molar-refractivity contribution in [2.45, 2.75) is 86.8 Å². The van der Waals surface area contributed by atoms with Crippen LogP contribution >= 0.6 is 0 Å². The Labute approximate surface area is 439 Å². The number of ether oxygens (including phenoxy) is 4. The normalized spacial score (nSPS) is 29.6. The number of anilines is 1. The van der Waals surface area contributed by atoms with E-state index in [0.717, 1.165) is 23.3 Å². The summed E-state index contributed by atoms with van der Waals surface area (Å²) in [7, 11) is 0. The number of dihydropyridines is 1. The van der Waals surface area contributed by atoms with Gasteiger partial charge >= 0.3 is 5.97 Å². The summed E-state index contributed by atoms with van der Waals surface area (Å²) < 4.78 is 30.8. The number of carboxylic acids is 1. The minimum Gasteiger partial charge on any atom is -0.508 e. The molecule has 406 valence electrons. The van der Waals surface area contributed by atoms with Crippen LogP contribution in [0.1, 0.15) is 55.4 Å². The van der Waals surface area contributed by atoms with Gasteiger partial charge in [-0.05, 0) is 109 Å². The average Bonchev–Trinajstić information content (AvgIpc) is 4.39. The lowest BCUT2D eigenvalue weighted by atomic mass is 9.51. The van der Waals surface area contributed by atoms with E-state index < -0.39 is 106 Å². The highest BCUT2D eigenvalue weighted by atomic mass is 16.7. The van der Waals surface area contributed by atoms with E-state index in [1.807, 2.05) is 19.1 Å². The molecule has 11 rings (SSSR count). The van der Waals surface area contributed by atoms with E-state index in [9.17, 15) is 55.5 Å². The van der Waals surface area contributed by atoms with E-state index in [1.165, 1.54) is 48.5 Å². The van der Waals surface area contributed by atoms with Crippen molar-refractivity contribution in [3.05, 3.63) is 141 Å². The lowest BCUT2D eigenvalue weighted by Crippen LogP contribution is -2.80. The van der Waals surface area contributed by atoms with Gasteiger partial charge in [-0.1, -0.05) is 31.1 Å². The fourth-order valence-electron chi connectivity index (χ4n) is 12.5. The predicted octanol–water partition coefficient (Wildman–Crippen LogP) is 2.03. The Morgan fingerprint density at radius 2 is 1.81 bits per heavy atom. The summed E-state index contributed by atoms with van der Waals surface area (Å²) >= 11 is 0. The van der Waals surface area contributed by atoms with Crippen molar-refractivity contribution in [3.8, 4) is 40.1 Å². The van der Waals surface area contributed by atoms with Crippen LogP contribution in [0.4, 0.5) is 5.82 Å². The average molecular weight is 1060 g/mol. The molecule has 5 aromatic rings. The zero-order chi connectivity index (χ0) is 54.3. The number of aromatic hydroxyl groups is 2. The van der Waals surface area contributed by atoms with Gasteiger partial charge in [-0.25, -0.2) is 4.79 Å². The molecule has 12 atom stereocenters. The third-order valence-corrected chi connectivity index (χ3v) is 16.1. The molecule has 2 aromatic heterocycles. The lowest BCUT2D eigenvalue weighted by molar-refractivity contribution is -0.345. The molecule has 3 fully saturated rings. The number of aryl methyl sites for hydroxylation is 1. The van der Waals surface area contributed by atoms with Gasteiger partial charge in [0, 0.05) is 66.1 Å². The molecule has 3 aliphatic heterocycles. The van der Waals surface area contributed by atoms with E-state index in [0.29, 0.717) is 66.3 Å². The molecular weight excluding hydrogens is 1000 g/mol. The van der Waals surface area contributed by atoms with E-state index in [1.54, 1.807) is 12.1 Å². The van der Waals surface area contributed by atoms with Gasteiger partial charge in [0.05, 0.1) is 12.4 Å². The highest BCUT2D eigenvalue weighted by molar-refractivity contribution is 5.90. The first kappa shape index (κ1) is 51.7. The number of carbonyl (C=O) groups is 1. The maximum atomic E-state index is 14.2. The van der Waals surface area contributed by atoms with E-state index in [2.05, 4.69) is 27.0 Å². The number of carboxylic acid groups (broad SMARTS) is 1. The number of hydrogen-bond acceptors (Lipinski definition) is 20. The molecule has 12 unspecified atom stereocenters. The van der Waals surface area contributed by atoms with E-state index >= 15 is 0 Å². The lowest BCUT2D eigenvalue weighted by Gasteiger charge is -2.61. The van der Waals surface area contributed by atoms with Crippen LogP contribution in [0.15, 0.2) is 123 Å². The summed E-state index contributed by atoms with van der Waals surface area (Å²) in [4.78, 5) is 30.7. The maximum absolute atomic E-state index is 14.2. The van der Waals surface area contributed by atoms with Gasteiger partial charge in [0.2, 0.25) is 18.3 Å². The number of nitrogens with two attached hydrogens (primary N) is 2. The van der Waals surface area contributed by atoms with Crippen molar-refractivity contribution in [2.24, 2.45) is 23.0 Å². The number of aliphatic carboxylic acids is 1. The molecule has 1 saturated carbocycles. The van der Waals surface area contributed by atoms with Crippen molar-refractivity contribution in [3.63, 3.8) is 0 Å². The van der Waals surface area contributed by atoms with Crippen LogP contribution < -0.4 is 47.1 Å². The topological polar surface area (TPSA) is 370 Å². The van der Waals surface area contributed by atoms with Crippen molar-refractivity contribution < 1.29 is 74.1 Å². The number of nitrogen functional groups attached to an aromatic ring is 1. The van der Waals surface area contributed by atoms with Crippen LogP contribution in [-0.2, 0) is 16.0 Å². The van der Waals surface area contributed by atoms with Crippen LogP contribution in [0, 0.1) is 17.3 Å². The standard InChI is InChI=1S/C55H60N6O16/c1-2-25-14-28(16-30(63)15-25)50(69)76-47-39(19-38-43(46(47)66)36(64)18-37(74-38)26-6-9-31(10-7-26)73-40(23-62)45(65)34-11-12-41(56)61-34)75-52-54(71)20-33(53-13-3-4-29(53)8-5-27-21-59-42(57)17-32(27)53)44(35-22-58-24-60-35)55(72,51(54)70)48(77-52)49(67)68/h5-12,14-20,29,35,40,44-45,48,50-52,58-63,65-66,69-72H,2-4,13,21-24,56-57H2,1H3,(H,67,68). The third kappa shape index (κ3) is 8.56. The van der Waals surface area contributed by atoms with E-state index in [4.69, 9.17) is 34.8 Å². The molecule has 22 nitrogen and oxygen atoms in total. The Kier molecular flexibility index (Phi) is 13.1. The molecule has 0 amide bonds. The van der Waals surface area contributed by atoms with Gasteiger partial charge in [0.25, 0.3) is 0 Å². The van der Waals surface area contributed by atoms with Gasteiger partial charge in [0.15, 0.2) is 34.7 Å². The molecule has 2 bridgehead atoms. The second-order valence-corrected chi connectivity index (χ2v) is 20.6. The Hall–Kier alpha value is -7.38. The van der Waals surface area contributed by atoms with Gasteiger partial charge < -0.3 is 96.4 Å². The number of hydrogen-bond donors (Lipinski definition) is 15. The largest absolute Gasteiger partial charge is 0.508 e. The second-order valence-electron chi connectivity index (χ2n) is 20.6. The van der Waals surface area contributed by atoms with Gasteiger partial charge in [0.1, 0.15) is 51.9 Å². The van der Waals surface area contributed by atoms with Crippen LogP contribution in [-0.4, -0.2) is 125 Å². The number of phenols is 2. The number of aliphatic hydroxyl groups excluding tert-OH is 4. The number of H-pyrrole nitrogens is 1. The van der Waals surface area contributed by atoms with E-state index in [-0.39, 0.29) is 47.5 Å². The first-order valence-corrected chi connectivity index (χ1v) is 25.4. The van der Waals surface area contributed by atoms with Crippen molar-refractivity contribution in [1.29, 1.82) is 0 Å². The Balaban J connectivity index is 1.04. The highest BCUT2D eigenvalue weighted by Crippen LogP contribution is 2.64. The molecule has 3 aromatic carbocycles. The molecule has 6 aliphatic rings. The number of aliphatic hydroxyl groups is 6. The number of aromatic amines is 1. The SMILES string of the molecule is CCc1cc(O)cc(C(O)Oc2c(OC3OC(C(=O)O)C4(O)C(C5CNCN5)C(C56CCCC5C=CC5=C6C=C(N)NC5)=CC3(O)C4O)cc3oc(-c4ccc(OC(CO)C(O)c5ccc(N)[nH]5)cc4)cc(=O)c3c2O)c1. The molecule has 77 heavy (non-hydrogen) atoms. The molecule has 3 aliphatic carbocycles. The van der Waals surface area contributed by atoms with Gasteiger partial charge in [-0.15, -0.1) is 0 Å². The maximum Gasteiger partial charge on any atom is 0.336 e. The number of rotatable bonds is 15. The third-order valence-electron chi connectivity index (χ3n) is 16.1. The number of aromatic nitrogens is 1. The molecule has 22 heteroatoms. The molecule has 17 N–H and O–H groups in total. The summed E-state index contributed by atoms with van der Waals surface area (Å²) in [6.45, 7) is 2.15. The van der Waals surface area contributed by atoms with Crippen LogP contribution in [0.2, 0.25) is 0 Å². The van der Waals surface area contributed by atoms with Gasteiger partial charge in [-0.2, -0.15) is 0 Å². The first-order chi connectivity index (χ1) is 36.9. The minimum absolute atomic E-state index is 0.0176. The number of phenolic OH excluding ortho intramolecular Hbond substituents is 2. The zero-order valence-corrected chi connectivity index (χ0v) is 41.6. The summed E-state index contributed by atoms with van der Waals surface area (Å²) in [5.74, 6) is -4.73. The fraction of sp³-hybridized carbons (Fsp3) is 0.382. The summed E-state index contributed by atoms with van der Waals surface area (Å²) in [6, 6.07) is 14.9. The smallest absolute Gasteiger partial charge is 0.336 e. The predicted molar refractivity (Wildman–Crippen MR) is 275 cm³/mol. The Morgan fingerprint density at radius 1 is 1.01 bits per heavy atom. The van der Waals surface area contributed by atoms with Crippen molar-refractivity contribution in [1.82, 2.24) is 20.9 Å². The van der Waals surface area contributed by atoms with Crippen LogP contribution in [0.5, 0.6) is 28.7 Å². The monoisotopic (exact) mass is 1060 g/mol. The number of fused-ring (bicyclic) bond motifs is 5. The minimum atomic E-state index is -2.79. The number of benzene rings is 3. The zero-order valence-electron chi connectivity index (χ0n) is 41.6. The summed E-state index contributed by atoms with van der Waals surface area (Å²) in [6.07, 6.45) is -1.60. The number of nitrogens with one attached hydrogen (secondary N) is 4. The molecule has 0 spiro atoms. The van der Waals surface area contributed by atoms with Crippen molar-refractivity contribution in [2.75, 3.05) is 32.1 Å². The molecule has 2 saturated heterocycles. The first-order valence-electron chi connectivity index (χ1n) is 25.4. The quantitative estimate of drug-likeness (QED) is 0.0527. The van der Waals surface area contributed by atoms with Crippen molar-refractivity contribution >= 4 is 22.8 Å². The summed E-state index contributed by atoms with van der Waals surface area (Å²) in [5.41, 5.74) is 7.92. The fourth-order valence-corrected chi connectivity index (χ4v) is 12.5. The second kappa shape index (κ2) is 19.6. The summed E-state index contributed by atoms with van der Waals surface area (Å²) in [5, 5.41) is 115. The van der Waals surface area contributed by atoms with Crippen LogP contribution in [0.25, 0.3) is 22.3 Å². The molecule has 5 heterocycles. The Bertz CT molecular complexity index is 3330.